The number of hydrogen-bond acceptors (Lipinski definition) is 6. The standard InChI is InChI=1S/C18H20N4O3/c1-11(2)22-18(23)13-8-4-3-7-12(13)15(21-22)17-20-19-16(25-17)14-9-5-6-10-24-14/h3-4,7-8,11,14H,5-6,9-10H2,1-2H3. The molecule has 7 nitrogen and oxygen atoms in total. The van der Waals surface area contributed by atoms with E-state index in [4.69, 9.17) is 9.15 Å². The zero-order valence-corrected chi connectivity index (χ0v) is 14.3. The SMILES string of the molecule is CC(C)n1nc(-c2nnc(C3CCCCO3)o2)c2ccccc2c1=O. The molecule has 1 aliphatic rings. The maximum atomic E-state index is 12.6. The van der Waals surface area contributed by atoms with Crippen molar-refractivity contribution < 1.29 is 9.15 Å². The topological polar surface area (TPSA) is 83.0 Å². The molecule has 25 heavy (non-hydrogen) atoms. The molecule has 0 amide bonds. The Morgan fingerprint density at radius 1 is 1.16 bits per heavy atom. The van der Waals surface area contributed by atoms with Crippen molar-refractivity contribution in [1.82, 2.24) is 20.0 Å². The van der Waals surface area contributed by atoms with Gasteiger partial charge < -0.3 is 9.15 Å². The zero-order valence-electron chi connectivity index (χ0n) is 14.3. The number of nitrogens with zero attached hydrogens (tertiary/aromatic N) is 4. The molecular weight excluding hydrogens is 320 g/mol. The van der Waals surface area contributed by atoms with Gasteiger partial charge in [0.2, 0.25) is 5.89 Å². The summed E-state index contributed by atoms with van der Waals surface area (Å²) in [4.78, 5) is 12.6. The summed E-state index contributed by atoms with van der Waals surface area (Å²) in [6.07, 6.45) is 2.86. The van der Waals surface area contributed by atoms with Crippen molar-refractivity contribution >= 4 is 10.8 Å². The molecule has 1 unspecified atom stereocenters. The highest BCUT2D eigenvalue weighted by Gasteiger charge is 2.24. The van der Waals surface area contributed by atoms with E-state index in [0.29, 0.717) is 34.9 Å². The monoisotopic (exact) mass is 340 g/mol. The molecule has 2 aromatic heterocycles. The van der Waals surface area contributed by atoms with E-state index >= 15 is 0 Å². The molecule has 130 valence electrons. The average Bonchev–Trinajstić information content (AvgIpc) is 3.13. The smallest absolute Gasteiger partial charge is 0.274 e. The van der Waals surface area contributed by atoms with Crippen molar-refractivity contribution in [3.05, 3.63) is 40.5 Å². The molecule has 0 aliphatic carbocycles. The Morgan fingerprint density at radius 3 is 2.68 bits per heavy atom. The molecule has 0 spiro atoms. The van der Waals surface area contributed by atoms with Gasteiger partial charge in [-0.3, -0.25) is 4.79 Å². The maximum absolute atomic E-state index is 12.6. The summed E-state index contributed by atoms with van der Waals surface area (Å²) in [6, 6.07) is 7.29. The quantitative estimate of drug-likeness (QED) is 0.728. The second-order valence-corrected chi connectivity index (χ2v) is 6.54. The van der Waals surface area contributed by atoms with Gasteiger partial charge in [-0.2, -0.15) is 5.10 Å². The third-order valence-corrected chi connectivity index (χ3v) is 4.42. The van der Waals surface area contributed by atoms with Crippen molar-refractivity contribution in [2.45, 2.75) is 45.3 Å². The van der Waals surface area contributed by atoms with E-state index in [1.54, 1.807) is 6.07 Å². The summed E-state index contributed by atoms with van der Waals surface area (Å²) < 4.78 is 13.0. The lowest BCUT2D eigenvalue weighted by Crippen LogP contribution is -2.25. The van der Waals surface area contributed by atoms with Gasteiger partial charge in [0.1, 0.15) is 6.10 Å². The first-order chi connectivity index (χ1) is 12.1. The fourth-order valence-corrected chi connectivity index (χ4v) is 3.11. The third-order valence-electron chi connectivity index (χ3n) is 4.42. The molecule has 1 atom stereocenters. The number of aromatic nitrogens is 4. The van der Waals surface area contributed by atoms with Gasteiger partial charge in [0.05, 0.1) is 11.4 Å². The molecule has 0 radical (unpaired) electrons. The molecule has 1 saturated heterocycles. The summed E-state index contributed by atoms with van der Waals surface area (Å²) >= 11 is 0. The maximum Gasteiger partial charge on any atom is 0.274 e. The molecule has 7 heteroatoms. The van der Waals surface area contributed by atoms with Crippen LogP contribution in [0, 0.1) is 0 Å². The Hall–Kier alpha value is -2.54. The lowest BCUT2D eigenvalue weighted by molar-refractivity contribution is -0.00127. The largest absolute Gasteiger partial charge is 0.416 e. The Kier molecular flexibility index (Phi) is 4.09. The van der Waals surface area contributed by atoms with Gasteiger partial charge >= 0.3 is 0 Å². The Labute approximate surface area is 144 Å². The summed E-state index contributed by atoms with van der Waals surface area (Å²) in [5, 5.41) is 14.1. The number of fused-ring (bicyclic) bond motifs is 1. The van der Waals surface area contributed by atoms with E-state index in [2.05, 4.69) is 15.3 Å². The minimum absolute atomic E-state index is 0.0695. The van der Waals surface area contributed by atoms with Crippen LogP contribution in [0.2, 0.25) is 0 Å². The van der Waals surface area contributed by atoms with Gasteiger partial charge in [0, 0.05) is 12.0 Å². The zero-order chi connectivity index (χ0) is 17.4. The van der Waals surface area contributed by atoms with E-state index in [-0.39, 0.29) is 17.7 Å². The first kappa shape index (κ1) is 16.0. The highest BCUT2D eigenvalue weighted by atomic mass is 16.5. The van der Waals surface area contributed by atoms with Gasteiger partial charge in [-0.05, 0) is 39.2 Å². The summed E-state index contributed by atoms with van der Waals surface area (Å²) in [5.41, 5.74) is 0.406. The van der Waals surface area contributed by atoms with Crippen molar-refractivity contribution in [3.8, 4) is 11.6 Å². The third kappa shape index (κ3) is 2.84. The normalized spacial score (nSPS) is 18.1. The van der Waals surface area contributed by atoms with Crippen LogP contribution in [0.3, 0.4) is 0 Å². The van der Waals surface area contributed by atoms with Crippen LogP contribution in [0.5, 0.6) is 0 Å². The van der Waals surface area contributed by atoms with Gasteiger partial charge in [-0.15, -0.1) is 10.2 Å². The highest BCUT2D eigenvalue weighted by Crippen LogP contribution is 2.30. The van der Waals surface area contributed by atoms with Gasteiger partial charge in [-0.1, -0.05) is 18.2 Å². The highest BCUT2D eigenvalue weighted by molar-refractivity contribution is 5.91. The lowest BCUT2D eigenvalue weighted by atomic mass is 10.1. The predicted molar refractivity (Wildman–Crippen MR) is 92.2 cm³/mol. The van der Waals surface area contributed by atoms with Crippen molar-refractivity contribution in [2.24, 2.45) is 0 Å². The predicted octanol–water partition coefficient (Wildman–Crippen LogP) is 3.27. The van der Waals surface area contributed by atoms with Gasteiger partial charge in [-0.25, -0.2) is 4.68 Å². The van der Waals surface area contributed by atoms with Crippen LogP contribution in [-0.2, 0) is 4.74 Å². The van der Waals surface area contributed by atoms with E-state index < -0.39 is 0 Å². The van der Waals surface area contributed by atoms with Gasteiger partial charge in [0.15, 0.2) is 5.69 Å². The Morgan fingerprint density at radius 2 is 1.96 bits per heavy atom. The molecule has 0 N–H and O–H groups in total. The average molecular weight is 340 g/mol. The molecule has 0 bridgehead atoms. The van der Waals surface area contributed by atoms with E-state index in [9.17, 15) is 4.79 Å². The first-order valence-corrected chi connectivity index (χ1v) is 8.62. The van der Waals surface area contributed by atoms with Crippen LogP contribution in [0.1, 0.15) is 51.1 Å². The molecule has 1 aromatic carbocycles. The van der Waals surface area contributed by atoms with Crippen molar-refractivity contribution in [3.63, 3.8) is 0 Å². The fourth-order valence-electron chi connectivity index (χ4n) is 3.11. The van der Waals surface area contributed by atoms with Crippen LogP contribution in [0.25, 0.3) is 22.4 Å². The Balaban J connectivity index is 1.85. The van der Waals surface area contributed by atoms with Crippen LogP contribution in [-0.4, -0.2) is 26.6 Å². The van der Waals surface area contributed by atoms with Crippen molar-refractivity contribution in [2.75, 3.05) is 6.61 Å². The van der Waals surface area contributed by atoms with Crippen LogP contribution < -0.4 is 5.56 Å². The molecule has 4 rings (SSSR count). The number of rotatable bonds is 3. The Bertz CT molecular complexity index is 954. The van der Waals surface area contributed by atoms with E-state index in [1.165, 1.54) is 4.68 Å². The van der Waals surface area contributed by atoms with E-state index in [0.717, 1.165) is 19.3 Å². The van der Waals surface area contributed by atoms with Crippen LogP contribution >= 0.6 is 0 Å². The number of ether oxygens (including phenoxy) is 1. The summed E-state index contributed by atoms with van der Waals surface area (Å²) in [7, 11) is 0. The minimum atomic E-state index is -0.155. The second kappa shape index (κ2) is 6.40. The molecule has 3 aromatic rings. The summed E-state index contributed by atoms with van der Waals surface area (Å²) in [6.45, 7) is 4.55. The van der Waals surface area contributed by atoms with Gasteiger partial charge in [0.25, 0.3) is 11.4 Å². The van der Waals surface area contributed by atoms with Crippen LogP contribution in [0.4, 0.5) is 0 Å². The van der Waals surface area contributed by atoms with Crippen molar-refractivity contribution in [1.29, 1.82) is 0 Å². The molecule has 1 aliphatic heterocycles. The molecule has 0 saturated carbocycles. The number of hydrogen-bond donors (Lipinski definition) is 0. The fraction of sp³-hybridized carbons (Fsp3) is 0.444. The lowest BCUT2D eigenvalue weighted by Gasteiger charge is -2.18. The number of benzene rings is 1. The summed E-state index contributed by atoms with van der Waals surface area (Å²) in [5.74, 6) is 0.789. The molecule has 1 fully saturated rings. The first-order valence-electron chi connectivity index (χ1n) is 8.62. The minimum Gasteiger partial charge on any atom is -0.416 e. The molecule has 3 heterocycles. The second-order valence-electron chi connectivity index (χ2n) is 6.54. The van der Waals surface area contributed by atoms with E-state index in [1.807, 2.05) is 32.0 Å². The molecular formula is C18H20N4O3. The van der Waals surface area contributed by atoms with Crippen LogP contribution in [0.15, 0.2) is 33.5 Å².